The molecule has 1 aromatic carbocycles. The summed E-state index contributed by atoms with van der Waals surface area (Å²) in [4.78, 5) is 0. The maximum atomic E-state index is 6.08. The second kappa shape index (κ2) is 5.44. The number of nitrogens with zero attached hydrogens (tertiary/aromatic N) is 2. The van der Waals surface area contributed by atoms with E-state index in [2.05, 4.69) is 24.3 Å². The molecule has 0 fully saturated rings. The van der Waals surface area contributed by atoms with Crippen LogP contribution in [0.15, 0.2) is 30.5 Å². The first kappa shape index (κ1) is 13.0. The number of hydrogen-bond donors (Lipinski definition) is 1. The van der Waals surface area contributed by atoms with E-state index in [1.54, 1.807) is 0 Å². The van der Waals surface area contributed by atoms with Gasteiger partial charge in [-0.25, -0.2) is 0 Å². The average molecular weight is 264 g/mol. The van der Waals surface area contributed by atoms with Crippen molar-refractivity contribution in [1.82, 2.24) is 9.78 Å². The number of rotatable bonds is 4. The van der Waals surface area contributed by atoms with Crippen molar-refractivity contribution in [3.8, 4) is 0 Å². The molecule has 4 heteroatoms. The van der Waals surface area contributed by atoms with E-state index in [1.165, 1.54) is 0 Å². The molecule has 1 aromatic heterocycles. The topological polar surface area (TPSA) is 29.9 Å². The van der Waals surface area contributed by atoms with Crippen molar-refractivity contribution in [2.24, 2.45) is 0 Å². The van der Waals surface area contributed by atoms with E-state index in [4.69, 9.17) is 11.6 Å². The van der Waals surface area contributed by atoms with E-state index in [9.17, 15) is 0 Å². The Bertz CT molecular complexity index is 532. The molecule has 1 N–H and O–H groups in total. The zero-order valence-corrected chi connectivity index (χ0v) is 11.7. The molecule has 2 rings (SSSR count). The molecule has 0 aliphatic rings. The minimum absolute atomic E-state index is 0.395. The number of aromatic nitrogens is 2. The third kappa shape index (κ3) is 2.85. The molecule has 0 saturated heterocycles. The summed E-state index contributed by atoms with van der Waals surface area (Å²) in [6.45, 7) is 6.95. The number of halogens is 1. The van der Waals surface area contributed by atoms with Gasteiger partial charge in [-0.2, -0.15) is 5.10 Å². The highest BCUT2D eigenvalue weighted by Crippen LogP contribution is 2.23. The SMILES string of the molecule is Cc1c(Cl)cccc1NCc1ccn(C(C)C)n1. The van der Waals surface area contributed by atoms with Crippen LogP contribution in [0, 0.1) is 6.92 Å². The molecule has 0 saturated carbocycles. The van der Waals surface area contributed by atoms with Gasteiger partial charge in [-0.1, -0.05) is 17.7 Å². The monoisotopic (exact) mass is 263 g/mol. The Kier molecular flexibility index (Phi) is 3.92. The van der Waals surface area contributed by atoms with Gasteiger partial charge in [-0.3, -0.25) is 4.68 Å². The molecule has 0 unspecified atom stereocenters. The second-order valence-electron chi connectivity index (χ2n) is 4.65. The predicted molar refractivity (Wildman–Crippen MR) is 76.1 cm³/mol. The Hall–Kier alpha value is -1.48. The van der Waals surface area contributed by atoms with E-state index in [1.807, 2.05) is 42.1 Å². The van der Waals surface area contributed by atoms with Crippen molar-refractivity contribution >= 4 is 17.3 Å². The summed E-state index contributed by atoms with van der Waals surface area (Å²) in [6.07, 6.45) is 2.01. The molecule has 0 aliphatic heterocycles. The number of anilines is 1. The standard InChI is InChI=1S/C14H18ClN3/c1-10(2)18-8-7-12(17-18)9-16-14-6-4-5-13(15)11(14)3/h4-8,10,16H,9H2,1-3H3. The highest BCUT2D eigenvalue weighted by atomic mass is 35.5. The zero-order chi connectivity index (χ0) is 13.1. The summed E-state index contributed by atoms with van der Waals surface area (Å²) < 4.78 is 1.96. The lowest BCUT2D eigenvalue weighted by atomic mass is 10.2. The Morgan fingerprint density at radius 2 is 2.11 bits per heavy atom. The van der Waals surface area contributed by atoms with E-state index >= 15 is 0 Å². The molecular formula is C14H18ClN3. The van der Waals surface area contributed by atoms with Crippen LogP contribution in [0.25, 0.3) is 0 Å². The lowest BCUT2D eigenvalue weighted by Gasteiger charge is -2.09. The quantitative estimate of drug-likeness (QED) is 0.902. The number of nitrogens with one attached hydrogen (secondary N) is 1. The van der Waals surface area contributed by atoms with Crippen molar-refractivity contribution in [3.63, 3.8) is 0 Å². The fraction of sp³-hybridized carbons (Fsp3) is 0.357. The fourth-order valence-corrected chi connectivity index (χ4v) is 1.92. The maximum absolute atomic E-state index is 6.08. The van der Waals surface area contributed by atoms with Crippen LogP contribution >= 0.6 is 11.6 Å². The highest BCUT2D eigenvalue weighted by molar-refractivity contribution is 6.31. The van der Waals surface area contributed by atoms with Gasteiger partial charge in [0, 0.05) is 22.9 Å². The Labute approximate surface area is 113 Å². The van der Waals surface area contributed by atoms with Gasteiger partial charge in [0.05, 0.1) is 12.2 Å². The molecule has 0 aliphatic carbocycles. The second-order valence-corrected chi connectivity index (χ2v) is 5.05. The lowest BCUT2D eigenvalue weighted by Crippen LogP contribution is -2.05. The van der Waals surface area contributed by atoms with Crippen LogP contribution in [0.3, 0.4) is 0 Å². The number of hydrogen-bond acceptors (Lipinski definition) is 2. The van der Waals surface area contributed by atoms with E-state index in [-0.39, 0.29) is 0 Å². The van der Waals surface area contributed by atoms with Gasteiger partial charge in [0.25, 0.3) is 0 Å². The largest absolute Gasteiger partial charge is 0.379 e. The van der Waals surface area contributed by atoms with Gasteiger partial charge in [-0.05, 0) is 44.5 Å². The van der Waals surface area contributed by atoms with Crippen molar-refractivity contribution in [2.45, 2.75) is 33.4 Å². The third-order valence-corrected chi connectivity index (χ3v) is 3.33. The van der Waals surface area contributed by atoms with Crippen LogP contribution in [0.5, 0.6) is 0 Å². The Morgan fingerprint density at radius 1 is 1.33 bits per heavy atom. The van der Waals surface area contributed by atoms with E-state index in [0.29, 0.717) is 12.6 Å². The summed E-state index contributed by atoms with van der Waals surface area (Å²) in [5.74, 6) is 0. The molecule has 1 heterocycles. The molecule has 0 radical (unpaired) electrons. The normalized spacial score (nSPS) is 10.9. The van der Waals surface area contributed by atoms with E-state index < -0.39 is 0 Å². The first-order valence-corrected chi connectivity index (χ1v) is 6.48. The van der Waals surface area contributed by atoms with Gasteiger partial charge in [0.15, 0.2) is 0 Å². The van der Waals surface area contributed by atoms with Gasteiger partial charge >= 0.3 is 0 Å². The summed E-state index contributed by atoms with van der Waals surface area (Å²) in [7, 11) is 0. The van der Waals surface area contributed by atoms with Gasteiger partial charge in [0.1, 0.15) is 0 Å². The molecule has 0 atom stereocenters. The summed E-state index contributed by atoms with van der Waals surface area (Å²) in [5.41, 5.74) is 3.16. The maximum Gasteiger partial charge on any atom is 0.0815 e. The van der Waals surface area contributed by atoms with Crippen molar-refractivity contribution in [3.05, 3.63) is 46.7 Å². The molecule has 0 amide bonds. The lowest BCUT2D eigenvalue weighted by molar-refractivity contribution is 0.527. The van der Waals surface area contributed by atoms with Crippen LogP contribution < -0.4 is 5.32 Å². The summed E-state index contributed by atoms with van der Waals surface area (Å²) in [6, 6.07) is 8.31. The average Bonchev–Trinajstić information content (AvgIpc) is 2.80. The molecule has 96 valence electrons. The molecule has 0 spiro atoms. The fourth-order valence-electron chi connectivity index (χ4n) is 1.74. The Balaban J connectivity index is 2.04. The predicted octanol–water partition coefficient (Wildman–Crippen LogP) is 4.04. The van der Waals surface area contributed by atoms with Crippen LogP contribution in [-0.4, -0.2) is 9.78 Å². The van der Waals surface area contributed by atoms with Gasteiger partial charge in [-0.15, -0.1) is 0 Å². The summed E-state index contributed by atoms with van der Waals surface area (Å²) >= 11 is 6.08. The van der Waals surface area contributed by atoms with Crippen molar-refractivity contribution < 1.29 is 0 Å². The molecule has 18 heavy (non-hydrogen) atoms. The minimum Gasteiger partial charge on any atom is -0.379 e. The minimum atomic E-state index is 0.395. The van der Waals surface area contributed by atoms with Crippen LogP contribution in [0.1, 0.15) is 31.1 Å². The first-order chi connectivity index (χ1) is 8.58. The van der Waals surface area contributed by atoms with Crippen LogP contribution in [0.4, 0.5) is 5.69 Å². The zero-order valence-electron chi connectivity index (χ0n) is 10.9. The molecule has 3 nitrogen and oxygen atoms in total. The van der Waals surface area contributed by atoms with Crippen LogP contribution in [0.2, 0.25) is 5.02 Å². The van der Waals surface area contributed by atoms with Crippen molar-refractivity contribution in [2.75, 3.05) is 5.32 Å². The molecule has 2 aromatic rings. The smallest absolute Gasteiger partial charge is 0.0815 e. The van der Waals surface area contributed by atoms with Gasteiger partial charge < -0.3 is 5.32 Å². The van der Waals surface area contributed by atoms with Crippen LogP contribution in [-0.2, 0) is 6.54 Å². The van der Waals surface area contributed by atoms with E-state index in [0.717, 1.165) is 22.0 Å². The third-order valence-electron chi connectivity index (χ3n) is 2.92. The molecule has 0 bridgehead atoms. The Morgan fingerprint density at radius 3 is 2.78 bits per heavy atom. The number of benzene rings is 1. The molecular weight excluding hydrogens is 246 g/mol. The highest BCUT2D eigenvalue weighted by Gasteiger charge is 2.04. The van der Waals surface area contributed by atoms with Crippen molar-refractivity contribution in [1.29, 1.82) is 0 Å². The van der Waals surface area contributed by atoms with Gasteiger partial charge in [0.2, 0.25) is 0 Å². The summed E-state index contributed by atoms with van der Waals surface area (Å²) in [5, 5.41) is 8.65. The first-order valence-electron chi connectivity index (χ1n) is 6.11.